The smallest absolute Gasteiger partial charge is 0.258 e. The fourth-order valence-corrected chi connectivity index (χ4v) is 3.03. The lowest BCUT2D eigenvalue weighted by Crippen LogP contribution is -1.91. The van der Waals surface area contributed by atoms with E-state index in [9.17, 15) is 0 Å². The number of hydrogen-bond donors (Lipinski definition) is 1. The van der Waals surface area contributed by atoms with Crippen LogP contribution in [0.15, 0.2) is 22.0 Å². The fourth-order valence-electron chi connectivity index (χ4n) is 1.77. The molecule has 0 aliphatic heterocycles. The second-order valence-corrected chi connectivity index (χ2v) is 6.19. The molecule has 0 bridgehead atoms. The van der Waals surface area contributed by atoms with E-state index in [1.165, 1.54) is 0 Å². The average molecular weight is 341 g/mol. The molecule has 0 saturated heterocycles. The number of anilines is 1. The van der Waals surface area contributed by atoms with E-state index in [-0.39, 0.29) is 0 Å². The minimum Gasteiger partial charge on any atom is -0.396 e. The molecule has 108 valence electrons. The van der Waals surface area contributed by atoms with Crippen LogP contribution < -0.4 is 5.73 Å². The number of hydrogen-bond acceptors (Lipinski definition) is 6. The molecule has 0 aliphatic carbocycles. The van der Waals surface area contributed by atoms with Gasteiger partial charge < -0.3 is 10.3 Å². The van der Waals surface area contributed by atoms with Crippen LogP contribution >= 0.6 is 34.5 Å². The Bertz CT molecular complexity index is 776. The Labute approximate surface area is 134 Å². The van der Waals surface area contributed by atoms with Crippen molar-refractivity contribution in [2.45, 2.75) is 13.3 Å². The average Bonchev–Trinajstić information content (AvgIpc) is 3.05. The second-order valence-electron chi connectivity index (χ2n) is 4.43. The number of nitrogen functional groups attached to an aromatic ring is 1. The van der Waals surface area contributed by atoms with E-state index in [2.05, 4.69) is 15.1 Å². The van der Waals surface area contributed by atoms with Crippen LogP contribution in [-0.4, -0.2) is 15.1 Å². The van der Waals surface area contributed by atoms with E-state index in [1.54, 1.807) is 23.5 Å². The predicted octanol–water partition coefficient (Wildman–Crippen LogP) is 3.98. The molecule has 1 aromatic carbocycles. The van der Waals surface area contributed by atoms with Crippen molar-refractivity contribution >= 4 is 40.2 Å². The molecule has 0 amide bonds. The molecule has 0 saturated carbocycles. The molecular weight excluding hydrogens is 331 g/mol. The monoisotopic (exact) mass is 340 g/mol. The molecule has 0 spiro atoms. The Morgan fingerprint density at radius 1 is 1.24 bits per heavy atom. The number of thiazole rings is 1. The Kier molecular flexibility index (Phi) is 3.84. The quantitative estimate of drug-likeness (QED) is 0.729. The lowest BCUT2D eigenvalue weighted by atomic mass is 10.2. The van der Waals surface area contributed by atoms with Gasteiger partial charge >= 0.3 is 0 Å². The van der Waals surface area contributed by atoms with Crippen molar-refractivity contribution in [3.8, 4) is 11.5 Å². The highest BCUT2D eigenvalue weighted by Gasteiger charge is 2.14. The largest absolute Gasteiger partial charge is 0.396 e. The zero-order chi connectivity index (χ0) is 15.0. The highest BCUT2D eigenvalue weighted by Crippen LogP contribution is 2.33. The number of aromatic nitrogens is 3. The predicted molar refractivity (Wildman–Crippen MR) is 83.8 cm³/mol. The van der Waals surface area contributed by atoms with Crippen molar-refractivity contribution in [3.63, 3.8) is 0 Å². The highest BCUT2D eigenvalue weighted by atomic mass is 35.5. The zero-order valence-corrected chi connectivity index (χ0v) is 13.3. The number of rotatable bonds is 3. The van der Waals surface area contributed by atoms with Gasteiger partial charge in [-0.05, 0) is 19.1 Å². The first-order valence-electron chi connectivity index (χ1n) is 6.01. The molecule has 8 heteroatoms. The Morgan fingerprint density at radius 3 is 2.57 bits per heavy atom. The van der Waals surface area contributed by atoms with E-state index in [0.717, 1.165) is 10.7 Å². The van der Waals surface area contributed by atoms with Crippen LogP contribution in [-0.2, 0) is 6.42 Å². The Hall–Kier alpha value is -1.63. The maximum Gasteiger partial charge on any atom is 0.258 e. The fraction of sp³-hybridized carbons (Fsp3) is 0.154. The second kappa shape index (κ2) is 5.63. The molecule has 0 radical (unpaired) electrons. The summed E-state index contributed by atoms with van der Waals surface area (Å²) in [5.74, 6) is 0.908. The van der Waals surface area contributed by atoms with Crippen molar-refractivity contribution in [2.24, 2.45) is 0 Å². The first-order valence-corrected chi connectivity index (χ1v) is 7.65. The van der Waals surface area contributed by atoms with Gasteiger partial charge in [0.1, 0.15) is 5.01 Å². The van der Waals surface area contributed by atoms with E-state index >= 15 is 0 Å². The van der Waals surface area contributed by atoms with Crippen LogP contribution in [0.1, 0.15) is 16.5 Å². The molecular formula is C13H10Cl2N4OS. The van der Waals surface area contributed by atoms with E-state index in [4.69, 9.17) is 33.5 Å². The first-order chi connectivity index (χ1) is 10.0. The van der Waals surface area contributed by atoms with Gasteiger partial charge in [-0.3, -0.25) is 0 Å². The molecule has 0 unspecified atom stereocenters. The third-order valence-electron chi connectivity index (χ3n) is 2.77. The summed E-state index contributed by atoms with van der Waals surface area (Å²) in [6.45, 7) is 1.94. The molecule has 2 N–H and O–H groups in total. The van der Waals surface area contributed by atoms with Gasteiger partial charge in [0.15, 0.2) is 5.82 Å². The van der Waals surface area contributed by atoms with Gasteiger partial charge in [-0.2, -0.15) is 4.98 Å². The van der Waals surface area contributed by atoms with E-state index in [1.807, 2.05) is 12.3 Å². The van der Waals surface area contributed by atoms with Gasteiger partial charge in [0.05, 0.1) is 22.2 Å². The lowest BCUT2D eigenvalue weighted by Gasteiger charge is -2.02. The van der Waals surface area contributed by atoms with Crippen LogP contribution in [0.4, 0.5) is 5.69 Å². The minimum absolute atomic E-state index is 0.333. The van der Waals surface area contributed by atoms with Crippen LogP contribution in [0.5, 0.6) is 0 Å². The molecule has 2 heterocycles. The third kappa shape index (κ3) is 3.02. The molecule has 3 rings (SSSR count). The maximum absolute atomic E-state index is 6.00. The normalized spacial score (nSPS) is 11.0. The first kappa shape index (κ1) is 14.3. The molecule has 3 aromatic rings. The van der Waals surface area contributed by atoms with Crippen LogP contribution in [0, 0.1) is 6.92 Å². The van der Waals surface area contributed by atoms with Gasteiger partial charge in [-0.15, -0.1) is 11.3 Å². The van der Waals surface area contributed by atoms with Crippen LogP contribution in [0.3, 0.4) is 0 Å². The number of benzene rings is 1. The summed E-state index contributed by atoms with van der Waals surface area (Å²) in [6, 6.07) is 3.29. The van der Waals surface area contributed by atoms with E-state index in [0.29, 0.717) is 39.4 Å². The summed E-state index contributed by atoms with van der Waals surface area (Å²) in [7, 11) is 0. The number of nitrogens with two attached hydrogens (primary N) is 1. The molecule has 21 heavy (non-hydrogen) atoms. The lowest BCUT2D eigenvalue weighted by molar-refractivity contribution is 0.424. The van der Waals surface area contributed by atoms with Gasteiger partial charge in [0.2, 0.25) is 0 Å². The van der Waals surface area contributed by atoms with Crippen molar-refractivity contribution in [1.29, 1.82) is 0 Å². The number of halogens is 2. The van der Waals surface area contributed by atoms with Crippen molar-refractivity contribution in [3.05, 3.63) is 44.1 Å². The summed E-state index contributed by atoms with van der Waals surface area (Å²) in [6.07, 6.45) is 0.526. The summed E-state index contributed by atoms with van der Waals surface area (Å²) < 4.78 is 5.24. The van der Waals surface area contributed by atoms with Crippen LogP contribution in [0.2, 0.25) is 10.0 Å². The topological polar surface area (TPSA) is 77.8 Å². The summed E-state index contributed by atoms with van der Waals surface area (Å²) in [4.78, 5) is 8.69. The Balaban J connectivity index is 1.88. The zero-order valence-electron chi connectivity index (χ0n) is 10.9. The molecule has 0 fully saturated rings. The third-order valence-corrected chi connectivity index (χ3v) is 4.36. The highest BCUT2D eigenvalue weighted by molar-refractivity contribution is 7.09. The summed E-state index contributed by atoms with van der Waals surface area (Å²) in [5.41, 5.74) is 7.65. The SMILES string of the molecule is Cc1csc(Cc2noc(-c3cc(Cl)c(N)c(Cl)c3)n2)n1. The minimum atomic E-state index is 0.333. The molecule has 5 nitrogen and oxygen atoms in total. The molecule has 0 atom stereocenters. The van der Waals surface area contributed by atoms with Crippen LogP contribution in [0.25, 0.3) is 11.5 Å². The maximum atomic E-state index is 6.00. The van der Waals surface area contributed by atoms with Gasteiger partial charge in [-0.1, -0.05) is 28.4 Å². The van der Waals surface area contributed by atoms with Crippen molar-refractivity contribution in [1.82, 2.24) is 15.1 Å². The van der Waals surface area contributed by atoms with Gasteiger partial charge in [0, 0.05) is 16.6 Å². The molecule has 0 aliphatic rings. The van der Waals surface area contributed by atoms with E-state index < -0.39 is 0 Å². The molecule has 2 aromatic heterocycles. The number of aryl methyl sites for hydroxylation is 1. The Morgan fingerprint density at radius 2 is 1.95 bits per heavy atom. The number of nitrogens with zero attached hydrogens (tertiary/aromatic N) is 3. The van der Waals surface area contributed by atoms with Gasteiger partial charge in [0.25, 0.3) is 5.89 Å². The standard InChI is InChI=1S/C13H10Cl2N4OS/c1-6-5-21-11(17-6)4-10-18-13(20-19-10)7-2-8(14)12(16)9(15)3-7/h2-3,5H,4,16H2,1H3. The van der Waals surface area contributed by atoms with Crippen molar-refractivity contribution < 1.29 is 4.52 Å². The summed E-state index contributed by atoms with van der Waals surface area (Å²) >= 11 is 13.6. The van der Waals surface area contributed by atoms with Crippen molar-refractivity contribution in [2.75, 3.05) is 5.73 Å². The van der Waals surface area contributed by atoms with Gasteiger partial charge in [-0.25, -0.2) is 4.98 Å². The summed E-state index contributed by atoms with van der Waals surface area (Å²) in [5, 5.41) is 7.57.